The van der Waals surface area contributed by atoms with E-state index in [0.717, 1.165) is 0 Å². The fourth-order valence-corrected chi connectivity index (χ4v) is 0. The van der Waals surface area contributed by atoms with Gasteiger partial charge in [-0.2, -0.15) is 5.37 Å². The van der Waals surface area contributed by atoms with Gasteiger partial charge in [-0.05, 0) is 0 Å². The summed E-state index contributed by atoms with van der Waals surface area (Å²) < 4.78 is 0. The van der Waals surface area contributed by atoms with Crippen molar-refractivity contribution in [3.8, 4) is 0 Å². The molecule has 0 spiro atoms. The smallest absolute Gasteiger partial charge is 0.129 e. The van der Waals surface area contributed by atoms with Crippen molar-refractivity contribution in [2.75, 3.05) is 0 Å². The van der Waals surface area contributed by atoms with E-state index in [4.69, 9.17) is 0 Å². The molecule has 0 rings (SSSR count). The molecular weight excluding hydrogens is 88.2 g/mol. The van der Waals surface area contributed by atoms with Gasteiger partial charge in [0.15, 0.2) is 0 Å². The molecule has 0 N–H and O–H groups in total. The van der Waals surface area contributed by atoms with Gasteiger partial charge in [0.25, 0.3) is 0 Å². The van der Waals surface area contributed by atoms with E-state index in [2.05, 4.69) is 29.8 Å². The fourth-order valence-electron chi connectivity index (χ4n) is 0. The van der Waals surface area contributed by atoms with Gasteiger partial charge in [0.05, 0.1) is 0 Å². The Morgan fingerprint density at radius 1 is 1.75 bits per heavy atom. The van der Waals surface area contributed by atoms with Gasteiger partial charge in [0, 0.05) is 0 Å². The largest absolute Gasteiger partial charge is 0.390 e. The van der Waals surface area contributed by atoms with Crippen LogP contribution in [0, 0.1) is 0 Å². The minimum atomic E-state index is 1.27. The normalized spacial score (nSPS) is 5.00. The molecule has 0 heterocycles. The predicted octanol–water partition coefficient (Wildman–Crippen LogP) is 0.863. The maximum absolute atomic E-state index is 4.21. The molecule has 0 nitrogen and oxygen atoms in total. The monoisotopic (exact) mass is 89.0 g/mol. The quantitative estimate of drug-likeness (QED) is 0.345. The molecule has 0 fully saturated rings. The van der Waals surface area contributed by atoms with Gasteiger partial charge in [-0.3, -0.25) is 0 Å². The zero-order valence-corrected chi connectivity index (χ0v) is 3.53. The summed E-state index contributed by atoms with van der Waals surface area (Å²) in [6.45, 7) is 0. The Hall–Kier alpha value is 0.180. The average Bonchev–Trinajstić information content (AvgIpc) is 1.37. The lowest BCUT2D eigenvalue weighted by molar-refractivity contribution is 3.87. The number of hydrogen-bond donors (Lipinski definition) is 0. The molecule has 0 atom stereocenters. The van der Waals surface area contributed by atoms with Crippen molar-refractivity contribution in [3.05, 3.63) is 0 Å². The maximum Gasteiger partial charge on any atom is -0.129 e. The van der Waals surface area contributed by atoms with E-state index < -0.39 is 0 Å². The van der Waals surface area contributed by atoms with Gasteiger partial charge in [-0.15, -0.1) is 12.2 Å². The summed E-state index contributed by atoms with van der Waals surface area (Å²) in [5, 5.41) is 3.48. The first-order chi connectivity index (χ1) is 1.91. The van der Waals surface area contributed by atoms with E-state index in [1.54, 1.807) is 0 Å². The van der Waals surface area contributed by atoms with Crippen LogP contribution in [0.4, 0.5) is 0 Å². The van der Waals surface area contributed by atoms with E-state index in [0.29, 0.717) is 0 Å². The molecule has 0 aliphatic heterocycles. The minimum Gasteiger partial charge on any atom is -0.390 e. The molecule has 4 heavy (non-hydrogen) atoms. The Bertz CT molecular complexity index is 25.0. The highest BCUT2D eigenvalue weighted by Crippen LogP contribution is 1.39. The summed E-state index contributed by atoms with van der Waals surface area (Å²) in [5.74, 6) is 0. The molecule has 2 heteroatoms. The molecule has 22 valence electrons. The summed E-state index contributed by atoms with van der Waals surface area (Å²) in [4.78, 5) is 0. The Morgan fingerprint density at radius 2 is 2.00 bits per heavy atom. The van der Waals surface area contributed by atoms with Crippen LogP contribution in [0.2, 0.25) is 0 Å². The van der Waals surface area contributed by atoms with Crippen LogP contribution in [0.15, 0.2) is 0 Å². The van der Waals surface area contributed by atoms with E-state index in [9.17, 15) is 0 Å². The number of rotatable bonds is 1. The standard InChI is InChI=1S/C2HS2/c3-1-2-4/h1H/q-1. The van der Waals surface area contributed by atoms with Crippen molar-refractivity contribution in [2.24, 2.45) is 0 Å². The molecule has 0 radical (unpaired) electrons. The minimum absolute atomic E-state index is 1.27. The lowest BCUT2D eigenvalue weighted by Gasteiger charge is -1.65. The second kappa shape index (κ2) is 3.18. The van der Waals surface area contributed by atoms with Crippen LogP contribution in [0.1, 0.15) is 0 Å². The highest BCUT2D eigenvalue weighted by Gasteiger charge is 1.11. The number of thiocarbonyl (C=S) groups is 2. The van der Waals surface area contributed by atoms with Crippen molar-refractivity contribution in [1.82, 2.24) is 0 Å². The molecule has 0 saturated carbocycles. The third-order valence-electron chi connectivity index (χ3n) is 0.0481. The zero-order valence-electron chi connectivity index (χ0n) is 1.89. The molecule has 0 aromatic carbocycles. The molecule has 0 saturated heterocycles. The molecule has 0 bridgehead atoms. The van der Waals surface area contributed by atoms with Crippen molar-refractivity contribution in [3.63, 3.8) is 0 Å². The highest BCUT2D eigenvalue weighted by molar-refractivity contribution is 7.86. The Balaban J connectivity index is 2.73. The highest BCUT2D eigenvalue weighted by atomic mass is 32.1. The van der Waals surface area contributed by atoms with Crippen molar-refractivity contribution >= 4 is 35.2 Å². The van der Waals surface area contributed by atoms with E-state index in [1.807, 2.05) is 0 Å². The Morgan fingerprint density at radius 3 is 2.00 bits per heavy atom. The van der Waals surface area contributed by atoms with Crippen LogP contribution in [0.25, 0.3) is 0 Å². The van der Waals surface area contributed by atoms with Gasteiger partial charge >= 0.3 is 0 Å². The Kier molecular flexibility index (Phi) is 3.32. The van der Waals surface area contributed by atoms with E-state index in [1.165, 1.54) is 5.37 Å². The predicted molar refractivity (Wildman–Crippen MR) is 26.3 cm³/mol. The molecular formula is C2HS2-. The third-order valence-corrected chi connectivity index (χ3v) is 0.433. The van der Waals surface area contributed by atoms with Crippen LogP contribution in [0.5, 0.6) is 0 Å². The fraction of sp³-hybridized carbons (Fsp3) is 0. The first-order valence-electron chi connectivity index (χ1n) is 0.729. The van der Waals surface area contributed by atoms with Gasteiger partial charge < -0.3 is 17.6 Å². The van der Waals surface area contributed by atoms with Gasteiger partial charge in [0.1, 0.15) is 0 Å². The summed E-state index contributed by atoms with van der Waals surface area (Å²) in [5.41, 5.74) is 0. The van der Waals surface area contributed by atoms with Gasteiger partial charge in [-0.25, -0.2) is 0 Å². The van der Waals surface area contributed by atoms with Crippen molar-refractivity contribution < 1.29 is 0 Å². The van der Waals surface area contributed by atoms with Crippen LogP contribution < -0.4 is 0 Å². The second-order valence-corrected chi connectivity index (χ2v) is 0.707. The zero-order chi connectivity index (χ0) is 3.41. The summed E-state index contributed by atoms with van der Waals surface area (Å²) in [6.07, 6.45) is 0. The Labute approximate surface area is 35.8 Å². The maximum atomic E-state index is 4.21. The van der Waals surface area contributed by atoms with Crippen LogP contribution in [-0.2, 0) is 0 Å². The van der Waals surface area contributed by atoms with Crippen molar-refractivity contribution in [1.29, 1.82) is 0 Å². The van der Waals surface area contributed by atoms with Gasteiger partial charge in [-0.1, -0.05) is 0 Å². The lowest BCUT2D eigenvalue weighted by atomic mass is 11.0. The van der Waals surface area contributed by atoms with E-state index >= 15 is 0 Å². The van der Waals surface area contributed by atoms with Crippen LogP contribution >= 0.6 is 24.4 Å². The lowest BCUT2D eigenvalue weighted by Crippen LogP contribution is -1.51. The SMILES string of the molecule is S=[C-]C=S. The molecule has 0 aliphatic rings. The van der Waals surface area contributed by atoms with E-state index in [-0.39, 0.29) is 0 Å². The topological polar surface area (TPSA) is 0 Å². The van der Waals surface area contributed by atoms with Gasteiger partial charge in [0.2, 0.25) is 0 Å². The average molecular weight is 89.2 g/mol. The first-order valence-corrected chi connectivity index (χ1v) is 1.61. The van der Waals surface area contributed by atoms with Crippen LogP contribution in [-0.4, -0.2) is 10.7 Å². The number of hydrogen-bond acceptors (Lipinski definition) is 2. The molecule has 0 aromatic heterocycles. The summed E-state index contributed by atoms with van der Waals surface area (Å²) in [6, 6.07) is 0. The molecule has 0 amide bonds. The molecule has 0 aromatic rings. The summed E-state index contributed by atoms with van der Waals surface area (Å²) in [7, 11) is 0. The second-order valence-electron chi connectivity index (χ2n) is 0.236. The van der Waals surface area contributed by atoms with Crippen LogP contribution in [0.3, 0.4) is 0 Å². The molecule has 0 unspecified atom stereocenters. The van der Waals surface area contributed by atoms with Crippen molar-refractivity contribution in [2.45, 2.75) is 0 Å². The third kappa shape index (κ3) is 2.18. The first kappa shape index (κ1) is 4.18. The molecule has 0 aliphatic carbocycles. The summed E-state index contributed by atoms with van der Waals surface area (Å²) >= 11 is 8.36.